The van der Waals surface area contributed by atoms with Crippen molar-refractivity contribution in [2.24, 2.45) is 7.05 Å². The van der Waals surface area contributed by atoms with E-state index in [1.807, 2.05) is 7.05 Å². The van der Waals surface area contributed by atoms with Crippen molar-refractivity contribution in [3.63, 3.8) is 0 Å². The second kappa shape index (κ2) is 3.09. The summed E-state index contributed by atoms with van der Waals surface area (Å²) >= 11 is 4.97. The number of aromatic amines is 1. The molecule has 7 heteroatoms. The number of H-pyrrole nitrogens is 1. The Labute approximate surface area is 79.2 Å². The lowest BCUT2D eigenvalue weighted by atomic mass is 10.6. The molecule has 2 aromatic rings. The smallest absolute Gasteiger partial charge is 0.195 e. The highest BCUT2D eigenvalue weighted by Crippen LogP contribution is 1.94. The van der Waals surface area contributed by atoms with E-state index in [9.17, 15) is 0 Å². The monoisotopic (exact) mass is 196 g/mol. The topological polar surface area (TPSA) is 64.3 Å². The van der Waals surface area contributed by atoms with Crippen LogP contribution in [-0.2, 0) is 13.6 Å². The van der Waals surface area contributed by atoms with E-state index >= 15 is 0 Å². The third-order valence-electron chi connectivity index (χ3n) is 1.58. The Morgan fingerprint density at radius 2 is 2.38 bits per heavy atom. The molecular formula is C6H8N6S. The molecule has 6 nitrogen and oxygen atoms in total. The summed E-state index contributed by atoms with van der Waals surface area (Å²) < 4.78 is 4.00. The fourth-order valence-electron chi connectivity index (χ4n) is 0.992. The van der Waals surface area contributed by atoms with Crippen LogP contribution in [-0.4, -0.2) is 29.5 Å². The van der Waals surface area contributed by atoms with Crippen LogP contribution >= 0.6 is 12.2 Å². The summed E-state index contributed by atoms with van der Waals surface area (Å²) in [6.07, 6.45) is 3.28. The molecule has 13 heavy (non-hydrogen) atoms. The maximum atomic E-state index is 4.97. The Balaban J connectivity index is 2.24. The number of rotatable bonds is 2. The van der Waals surface area contributed by atoms with Crippen LogP contribution in [0.3, 0.4) is 0 Å². The first-order valence-corrected chi connectivity index (χ1v) is 4.11. The molecule has 0 atom stereocenters. The van der Waals surface area contributed by atoms with E-state index in [0.29, 0.717) is 11.3 Å². The fourth-order valence-corrected chi connectivity index (χ4v) is 1.16. The van der Waals surface area contributed by atoms with Gasteiger partial charge < -0.3 is 0 Å². The Hall–Kier alpha value is -1.50. The molecular weight excluding hydrogens is 188 g/mol. The minimum atomic E-state index is 0.552. The normalized spacial score (nSPS) is 10.5. The lowest BCUT2D eigenvalue weighted by Gasteiger charge is -1.94. The van der Waals surface area contributed by atoms with E-state index in [4.69, 9.17) is 12.2 Å². The van der Waals surface area contributed by atoms with Crippen molar-refractivity contribution in [2.45, 2.75) is 6.54 Å². The van der Waals surface area contributed by atoms with E-state index in [0.717, 1.165) is 5.82 Å². The molecule has 0 saturated heterocycles. The van der Waals surface area contributed by atoms with Gasteiger partial charge >= 0.3 is 0 Å². The zero-order valence-electron chi connectivity index (χ0n) is 7.01. The van der Waals surface area contributed by atoms with E-state index in [1.165, 1.54) is 0 Å². The highest BCUT2D eigenvalue weighted by molar-refractivity contribution is 7.71. The Bertz CT molecular complexity index is 451. The minimum Gasteiger partial charge on any atom is -0.299 e. The average Bonchev–Trinajstić information content (AvgIpc) is 2.64. The van der Waals surface area contributed by atoms with Gasteiger partial charge in [-0.3, -0.25) is 14.3 Å². The molecule has 2 rings (SSSR count). The van der Waals surface area contributed by atoms with Crippen molar-refractivity contribution in [1.29, 1.82) is 0 Å². The summed E-state index contributed by atoms with van der Waals surface area (Å²) in [4.78, 5) is 4.07. The molecule has 0 aliphatic rings. The summed E-state index contributed by atoms with van der Waals surface area (Å²) in [7, 11) is 1.82. The van der Waals surface area contributed by atoms with Crippen LogP contribution in [0, 0.1) is 4.77 Å². The molecule has 0 unspecified atom stereocenters. The van der Waals surface area contributed by atoms with Gasteiger partial charge in [-0.2, -0.15) is 10.2 Å². The van der Waals surface area contributed by atoms with Crippen LogP contribution in [0.2, 0.25) is 0 Å². The number of hydrogen-bond acceptors (Lipinski definition) is 4. The molecule has 0 aliphatic heterocycles. The fraction of sp³-hybridized carbons (Fsp3) is 0.333. The maximum absolute atomic E-state index is 4.97. The van der Waals surface area contributed by atoms with Crippen LogP contribution in [0.25, 0.3) is 0 Å². The molecule has 0 spiro atoms. The summed E-state index contributed by atoms with van der Waals surface area (Å²) in [5, 5.41) is 10.6. The largest absolute Gasteiger partial charge is 0.299 e. The lowest BCUT2D eigenvalue weighted by Crippen LogP contribution is -2.01. The minimum absolute atomic E-state index is 0.552. The second-order valence-electron chi connectivity index (χ2n) is 2.62. The Morgan fingerprint density at radius 1 is 1.54 bits per heavy atom. The molecule has 0 aliphatic carbocycles. The van der Waals surface area contributed by atoms with E-state index in [-0.39, 0.29) is 0 Å². The van der Waals surface area contributed by atoms with Gasteiger partial charge in [0.05, 0.1) is 6.54 Å². The number of aryl methyl sites for hydroxylation is 1. The van der Waals surface area contributed by atoms with Crippen LogP contribution in [0.1, 0.15) is 5.82 Å². The van der Waals surface area contributed by atoms with Crippen LogP contribution in [0.4, 0.5) is 0 Å². The van der Waals surface area contributed by atoms with Gasteiger partial charge in [0.2, 0.25) is 0 Å². The maximum Gasteiger partial charge on any atom is 0.195 e. The zero-order valence-corrected chi connectivity index (χ0v) is 7.82. The number of hydrogen-bond donors (Lipinski definition) is 1. The molecule has 0 fully saturated rings. The molecule has 0 saturated carbocycles. The van der Waals surface area contributed by atoms with Gasteiger partial charge in [-0.05, 0) is 12.2 Å². The number of nitrogens with zero attached hydrogens (tertiary/aromatic N) is 5. The van der Waals surface area contributed by atoms with Gasteiger partial charge in [0.15, 0.2) is 10.6 Å². The van der Waals surface area contributed by atoms with Crippen molar-refractivity contribution in [2.75, 3.05) is 0 Å². The first-order valence-electron chi connectivity index (χ1n) is 3.70. The Morgan fingerprint density at radius 3 is 2.92 bits per heavy atom. The van der Waals surface area contributed by atoms with E-state index < -0.39 is 0 Å². The summed E-state index contributed by atoms with van der Waals surface area (Å²) in [6.45, 7) is 0.552. The Kier molecular flexibility index (Phi) is 1.93. The number of nitrogens with one attached hydrogen (secondary N) is 1. The first kappa shape index (κ1) is 8.11. The summed E-state index contributed by atoms with van der Waals surface area (Å²) in [5.41, 5.74) is 0. The molecule has 0 bridgehead atoms. The molecule has 0 aromatic carbocycles. The van der Waals surface area contributed by atoms with Gasteiger partial charge in [-0.15, -0.1) is 0 Å². The third kappa shape index (κ3) is 1.64. The molecule has 0 amide bonds. The first-order chi connectivity index (χ1) is 6.25. The highest BCUT2D eigenvalue weighted by atomic mass is 32.1. The average molecular weight is 196 g/mol. The highest BCUT2D eigenvalue weighted by Gasteiger charge is 2.00. The molecule has 2 heterocycles. The van der Waals surface area contributed by atoms with Gasteiger partial charge in [0, 0.05) is 7.05 Å². The van der Waals surface area contributed by atoms with Crippen LogP contribution in [0.15, 0.2) is 12.7 Å². The zero-order chi connectivity index (χ0) is 9.26. The number of aromatic nitrogens is 6. The predicted octanol–water partition coefficient (Wildman–Crippen LogP) is 0.117. The standard InChI is InChI=1S/C6H8N6S/c1-11-3-7-5(10-11)2-12-4-8-9-6(12)13/h3-4H,2H2,1H3,(H,9,13). The molecule has 2 aromatic heterocycles. The van der Waals surface area contributed by atoms with Crippen molar-refractivity contribution < 1.29 is 0 Å². The van der Waals surface area contributed by atoms with Crippen LogP contribution < -0.4 is 0 Å². The second-order valence-corrected chi connectivity index (χ2v) is 3.01. The van der Waals surface area contributed by atoms with Crippen molar-refractivity contribution in [3.05, 3.63) is 23.3 Å². The lowest BCUT2D eigenvalue weighted by molar-refractivity contribution is 0.696. The van der Waals surface area contributed by atoms with Gasteiger partial charge in [0.1, 0.15) is 12.7 Å². The van der Waals surface area contributed by atoms with Crippen molar-refractivity contribution >= 4 is 12.2 Å². The quantitative estimate of drug-likeness (QED) is 0.693. The van der Waals surface area contributed by atoms with Crippen LogP contribution in [0.5, 0.6) is 0 Å². The van der Waals surface area contributed by atoms with E-state index in [2.05, 4.69) is 20.3 Å². The summed E-state index contributed by atoms with van der Waals surface area (Å²) in [5.74, 6) is 0.722. The summed E-state index contributed by atoms with van der Waals surface area (Å²) in [6, 6.07) is 0. The molecule has 68 valence electrons. The van der Waals surface area contributed by atoms with E-state index in [1.54, 1.807) is 21.9 Å². The van der Waals surface area contributed by atoms with Gasteiger partial charge in [0.25, 0.3) is 0 Å². The van der Waals surface area contributed by atoms with Crippen molar-refractivity contribution in [1.82, 2.24) is 29.5 Å². The third-order valence-corrected chi connectivity index (χ3v) is 1.90. The van der Waals surface area contributed by atoms with Gasteiger partial charge in [-0.25, -0.2) is 4.98 Å². The predicted molar refractivity (Wildman–Crippen MR) is 47.5 cm³/mol. The molecule has 1 N–H and O–H groups in total. The van der Waals surface area contributed by atoms with Crippen molar-refractivity contribution in [3.8, 4) is 0 Å². The SMILES string of the molecule is Cn1cnc(Cn2cn[nH]c2=S)n1. The van der Waals surface area contributed by atoms with Gasteiger partial charge in [-0.1, -0.05) is 0 Å². The molecule has 0 radical (unpaired) electrons.